The van der Waals surface area contributed by atoms with E-state index in [-0.39, 0.29) is 5.91 Å². The number of nitrogens with zero attached hydrogens (tertiary/aromatic N) is 3. The number of aromatic nitrogens is 2. The molecule has 0 spiro atoms. The van der Waals surface area contributed by atoms with Crippen LogP contribution in [0.5, 0.6) is 5.75 Å². The van der Waals surface area contributed by atoms with Gasteiger partial charge in [-0.15, -0.1) is 10.2 Å². The maximum absolute atomic E-state index is 12.5. The number of aryl methyl sites for hydroxylation is 1. The summed E-state index contributed by atoms with van der Waals surface area (Å²) in [5.74, 6) is 1.87. The molecule has 0 bridgehead atoms. The van der Waals surface area contributed by atoms with Crippen LogP contribution in [-0.4, -0.2) is 40.7 Å². The van der Waals surface area contributed by atoms with Crippen molar-refractivity contribution in [3.63, 3.8) is 0 Å². The van der Waals surface area contributed by atoms with Crippen LogP contribution < -0.4 is 4.74 Å². The number of ether oxygens (including phenoxy) is 1. The second-order valence-corrected chi connectivity index (χ2v) is 6.38. The van der Waals surface area contributed by atoms with E-state index in [1.54, 1.807) is 7.11 Å². The maximum Gasteiger partial charge on any atom is 0.247 e. The van der Waals surface area contributed by atoms with Crippen LogP contribution in [0.15, 0.2) is 28.7 Å². The van der Waals surface area contributed by atoms with Crippen molar-refractivity contribution < 1.29 is 13.9 Å². The molecule has 6 nitrogen and oxygen atoms in total. The zero-order chi connectivity index (χ0) is 17.6. The largest absolute Gasteiger partial charge is 0.497 e. The van der Waals surface area contributed by atoms with Crippen LogP contribution in [0.4, 0.5) is 0 Å². The summed E-state index contributed by atoms with van der Waals surface area (Å²) < 4.78 is 10.9. The molecule has 6 heteroatoms. The summed E-state index contributed by atoms with van der Waals surface area (Å²) in [7, 11) is 1.62. The van der Waals surface area contributed by atoms with E-state index in [0.29, 0.717) is 30.7 Å². The highest BCUT2D eigenvalue weighted by molar-refractivity contribution is 5.76. The van der Waals surface area contributed by atoms with Crippen molar-refractivity contribution in [2.45, 2.75) is 51.5 Å². The minimum absolute atomic E-state index is 0.188. The van der Waals surface area contributed by atoms with Crippen molar-refractivity contribution in [1.82, 2.24) is 15.1 Å². The third kappa shape index (κ3) is 4.18. The van der Waals surface area contributed by atoms with Gasteiger partial charge in [0.2, 0.25) is 17.7 Å². The summed E-state index contributed by atoms with van der Waals surface area (Å²) in [5.41, 5.74) is 0.812. The number of rotatable bonds is 6. The average molecular weight is 343 g/mol. The molecule has 25 heavy (non-hydrogen) atoms. The second-order valence-electron chi connectivity index (χ2n) is 6.38. The van der Waals surface area contributed by atoms with E-state index in [9.17, 15) is 4.79 Å². The van der Waals surface area contributed by atoms with Gasteiger partial charge in [-0.3, -0.25) is 4.79 Å². The van der Waals surface area contributed by atoms with Gasteiger partial charge in [-0.05, 0) is 43.9 Å². The average Bonchev–Trinajstić information content (AvgIpc) is 3.15. The number of carbonyl (C=O) groups is 1. The first kappa shape index (κ1) is 17.5. The first-order chi connectivity index (χ1) is 12.2. The van der Waals surface area contributed by atoms with E-state index in [2.05, 4.69) is 17.1 Å². The van der Waals surface area contributed by atoms with Gasteiger partial charge < -0.3 is 14.1 Å². The minimum atomic E-state index is 0.188. The molecule has 1 fully saturated rings. The predicted molar refractivity (Wildman–Crippen MR) is 94.3 cm³/mol. The Balaban J connectivity index is 1.60. The van der Waals surface area contributed by atoms with Gasteiger partial charge in [0, 0.05) is 31.0 Å². The van der Waals surface area contributed by atoms with E-state index < -0.39 is 0 Å². The molecule has 0 aliphatic carbocycles. The summed E-state index contributed by atoms with van der Waals surface area (Å²) >= 11 is 0. The van der Waals surface area contributed by atoms with Crippen LogP contribution in [-0.2, 0) is 11.2 Å². The summed E-state index contributed by atoms with van der Waals surface area (Å²) in [6.07, 6.45) is 5.34. The van der Waals surface area contributed by atoms with Crippen LogP contribution in [0.3, 0.4) is 0 Å². The Labute approximate surface area is 148 Å². The molecule has 1 saturated heterocycles. The van der Waals surface area contributed by atoms with Gasteiger partial charge in [0.15, 0.2) is 0 Å². The van der Waals surface area contributed by atoms with E-state index in [4.69, 9.17) is 9.15 Å². The smallest absolute Gasteiger partial charge is 0.247 e. The van der Waals surface area contributed by atoms with Crippen molar-refractivity contribution in [3.05, 3.63) is 30.2 Å². The fraction of sp³-hybridized carbons (Fsp3) is 0.526. The molecule has 134 valence electrons. The predicted octanol–water partition coefficient (Wildman–Crippen LogP) is 3.47. The minimum Gasteiger partial charge on any atom is -0.497 e. The van der Waals surface area contributed by atoms with Gasteiger partial charge in [-0.2, -0.15) is 0 Å². The monoisotopic (exact) mass is 343 g/mol. The molecule has 0 radical (unpaired) electrons. The lowest BCUT2D eigenvalue weighted by atomic mass is 9.99. The lowest BCUT2D eigenvalue weighted by Crippen LogP contribution is -2.43. The third-order valence-electron chi connectivity index (χ3n) is 4.75. The molecule has 1 aliphatic heterocycles. The zero-order valence-electron chi connectivity index (χ0n) is 14.9. The molecule has 1 unspecified atom stereocenters. The Morgan fingerprint density at radius 1 is 1.36 bits per heavy atom. The topological polar surface area (TPSA) is 68.5 Å². The Hall–Kier alpha value is -2.37. The fourth-order valence-corrected chi connectivity index (χ4v) is 3.34. The number of amides is 1. The van der Waals surface area contributed by atoms with E-state index in [1.165, 1.54) is 6.42 Å². The standard InChI is InChI=1S/C19H25N3O3/c1-3-15-8-4-5-12-22(15)18(23)11-10-17-20-21-19(25-17)14-7-6-9-16(13-14)24-2/h6-7,9,13,15H,3-5,8,10-12H2,1-2H3. The summed E-state index contributed by atoms with van der Waals surface area (Å²) in [5, 5.41) is 8.16. The highest BCUT2D eigenvalue weighted by atomic mass is 16.5. The Kier molecular flexibility index (Phi) is 5.68. The van der Waals surface area contributed by atoms with Gasteiger partial charge in [-0.1, -0.05) is 13.0 Å². The van der Waals surface area contributed by atoms with Crippen LogP contribution in [0.25, 0.3) is 11.5 Å². The summed E-state index contributed by atoms with van der Waals surface area (Å²) in [6, 6.07) is 7.87. The number of likely N-dealkylation sites (tertiary alicyclic amines) is 1. The molecule has 1 amide bonds. The number of hydrogen-bond donors (Lipinski definition) is 0. The molecule has 2 aromatic rings. The molecule has 1 aromatic carbocycles. The molecular formula is C19H25N3O3. The number of carbonyl (C=O) groups excluding carboxylic acids is 1. The quantitative estimate of drug-likeness (QED) is 0.803. The van der Waals surface area contributed by atoms with Crippen LogP contribution in [0.2, 0.25) is 0 Å². The first-order valence-electron chi connectivity index (χ1n) is 8.97. The van der Waals surface area contributed by atoms with Crippen molar-refractivity contribution in [1.29, 1.82) is 0 Å². The lowest BCUT2D eigenvalue weighted by molar-refractivity contribution is -0.135. The molecule has 3 rings (SSSR count). The third-order valence-corrected chi connectivity index (χ3v) is 4.75. The van der Waals surface area contributed by atoms with Crippen molar-refractivity contribution >= 4 is 5.91 Å². The molecular weight excluding hydrogens is 318 g/mol. The zero-order valence-corrected chi connectivity index (χ0v) is 14.9. The number of methoxy groups -OCH3 is 1. The van der Waals surface area contributed by atoms with Gasteiger partial charge in [0.05, 0.1) is 7.11 Å². The Morgan fingerprint density at radius 2 is 2.24 bits per heavy atom. The number of benzene rings is 1. The van der Waals surface area contributed by atoms with E-state index in [0.717, 1.165) is 37.1 Å². The van der Waals surface area contributed by atoms with Gasteiger partial charge >= 0.3 is 0 Å². The van der Waals surface area contributed by atoms with E-state index in [1.807, 2.05) is 29.2 Å². The Morgan fingerprint density at radius 3 is 3.04 bits per heavy atom. The summed E-state index contributed by atoms with van der Waals surface area (Å²) in [4.78, 5) is 14.6. The van der Waals surface area contributed by atoms with Crippen molar-refractivity contribution in [3.8, 4) is 17.2 Å². The second kappa shape index (κ2) is 8.14. The molecule has 1 atom stereocenters. The molecule has 1 aromatic heterocycles. The molecule has 0 N–H and O–H groups in total. The summed E-state index contributed by atoms with van der Waals surface area (Å²) in [6.45, 7) is 3.02. The van der Waals surface area contributed by atoms with Crippen molar-refractivity contribution in [2.24, 2.45) is 0 Å². The first-order valence-corrected chi connectivity index (χ1v) is 8.97. The highest BCUT2D eigenvalue weighted by Gasteiger charge is 2.25. The Bertz CT molecular complexity index is 713. The van der Waals surface area contributed by atoms with Crippen LogP contribution in [0, 0.1) is 0 Å². The normalized spacial score (nSPS) is 17.5. The molecule has 1 aliphatic rings. The number of hydrogen-bond acceptors (Lipinski definition) is 5. The van der Waals surface area contributed by atoms with Crippen LogP contribution in [0.1, 0.15) is 44.9 Å². The van der Waals surface area contributed by atoms with E-state index >= 15 is 0 Å². The van der Waals surface area contributed by atoms with Crippen molar-refractivity contribution in [2.75, 3.05) is 13.7 Å². The molecule has 0 saturated carbocycles. The maximum atomic E-state index is 12.5. The number of piperidine rings is 1. The van der Waals surface area contributed by atoms with Gasteiger partial charge in [-0.25, -0.2) is 0 Å². The fourth-order valence-electron chi connectivity index (χ4n) is 3.34. The highest BCUT2D eigenvalue weighted by Crippen LogP contribution is 2.24. The lowest BCUT2D eigenvalue weighted by Gasteiger charge is -2.35. The van der Waals surface area contributed by atoms with Gasteiger partial charge in [0.1, 0.15) is 5.75 Å². The van der Waals surface area contributed by atoms with Crippen LogP contribution >= 0.6 is 0 Å². The van der Waals surface area contributed by atoms with Gasteiger partial charge in [0.25, 0.3) is 0 Å². The SMILES string of the molecule is CCC1CCCCN1C(=O)CCc1nnc(-c2cccc(OC)c2)o1. The molecule has 2 heterocycles.